The minimum Gasteiger partial charge on any atom is -0.376 e. The summed E-state index contributed by atoms with van der Waals surface area (Å²) in [6, 6.07) is 4.71. The molecule has 2 unspecified atom stereocenters. The van der Waals surface area contributed by atoms with E-state index >= 15 is 0 Å². The van der Waals surface area contributed by atoms with Crippen LogP contribution >= 0.6 is 11.6 Å². The van der Waals surface area contributed by atoms with Crippen LogP contribution in [-0.4, -0.2) is 32.0 Å². The Morgan fingerprint density at radius 2 is 2.33 bits per heavy atom. The van der Waals surface area contributed by atoms with Gasteiger partial charge in [-0.05, 0) is 18.1 Å². The van der Waals surface area contributed by atoms with Gasteiger partial charge >= 0.3 is 0 Å². The van der Waals surface area contributed by atoms with Crippen LogP contribution in [0.1, 0.15) is 5.56 Å². The Bertz CT molecular complexity index is 400. The predicted octanol–water partition coefficient (Wildman–Crippen LogP) is 1.27. The lowest BCUT2D eigenvalue weighted by Gasteiger charge is -2.30. The first-order valence-corrected chi connectivity index (χ1v) is 6.18. The van der Waals surface area contributed by atoms with Crippen LogP contribution < -0.4 is 11.3 Å². The van der Waals surface area contributed by atoms with Crippen molar-refractivity contribution in [2.45, 2.75) is 18.6 Å². The van der Waals surface area contributed by atoms with Crippen molar-refractivity contribution < 1.29 is 13.9 Å². The molecule has 0 aliphatic carbocycles. The molecule has 6 heteroatoms. The number of nitrogens with one attached hydrogen (secondary N) is 1. The van der Waals surface area contributed by atoms with Crippen molar-refractivity contribution in [3.05, 3.63) is 34.6 Å². The van der Waals surface area contributed by atoms with Gasteiger partial charge in [0.2, 0.25) is 0 Å². The monoisotopic (exact) mass is 274 g/mol. The van der Waals surface area contributed by atoms with Crippen molar-refractivity contribution >= 4 is 11.6 Å². The highest BCUT2D eigenvalue weighted by Crippen LogP contribution is 2.20. The van der Waals surface area contributed by atoms with Gasteiger partial charge in [-0.15, -0.1) is 0 Å². The molecule has 1 saturated heterocycles. The summed E-state index contributed by atoms with van der Waals surface area (Å²) in [5, 5.41) is 0.115. The van der Waals surface area contributed by atoms with E-state index in [-0.39, 0.29) is 17.2 Å². The van der Waals surface area contributed by atoms with Crippen LogP contribution in [0.25, 0.3) is 0 Å². The van der Waals surface area contributed by atoms with Gasteiger partial charge in [0, 0.05) is 0 Å². The molecule has 100 valence electrons. The van der Waals surface area contributed by atoms with E-state index in [0.29, 0.717) is 31.8 Å². The molecule has 1 heterocycles. The van der Waals surface area contributed by atoms with Gasteiger partial charge in [0.15, 0.2) is 0 Å². The summed E-state index contributed by atoms with van der Waals surface area (Å²) < 4.78 is 24.7. The van der Waals surface area contributed by atoms with Gasteiger partial charge in [-0.25, -0.2) is 4.39 Å². The highest BCUT2D eigenvalue weighted by Gasteiger charge is 2.25. The third-order valence-electron chi connectivity index (χ3n) is 2.98. The third kappa shape index (κ3) is 3.18. The van der Waals surface area contributed by atoms with E-state index in [4.69, 9.17) is 26.9 Å². The average molecular weight is 275 g/mol. The van der Waals surface area contributed by atoms with Gasteiger partial charge in [-0.3, -0.25) is 11.3 Å². The number of benzene rings is 1. The summed E-state index contributed by atoms with van der Waals surface area (Å²) in [5.74, 6) is 5.09. The summed E-state index contributed by atoms with van der Waals surface area (Å²) >= 11 is 5.74. The standard InChI is InChI=1S/C12H16ClFN2O2/c13-9-3-1-2-8(12(9)14)6-10(16-15)11-7-17-4-5-18-11/h1-3,10-11,16H,4-7,15H2. The van der Waals surface area contributed by atoms with Gasteiger partial charge in [0.25, 0.3) is 0 Å². The summed E-state index contributed by atoms with van der Waals surface area (Å²) in [6.07, 6.45) is 0.221. The van der Waals surface area contributed by atoms with Crippen LogP contribution in [0.15, 0.2) is 18.2 Å². The fraction of sp³-hybridized carbons (Fsp3) is 0.500. The number of ether oxygens (including phenoxy) is 2. The van der Waals surface area contributed by atoms with E-state index < -0.39 is 5.82 Å². The Hall–Kier alpha value is -0.720. The molecule has 0 aromatic heterocycles. The lowest BCUT2D eigenvalue weighted by Crippen LogP contribution is -2.50. The van der Waals surface area contributed by atoms with Crippen LogP contribution in [0.5, 0.6) is 0 Å². The van der Waals surface area contributed by atoms with E-state index in [0.717, 1.165) is 0 Å². The number of hydrazine groups is 1. The highest BCUT2D eigenvalue weighted by molar-refractivity contribution is 6.30. The first-order chi connectivity index (χ1) is 8.72. The molecule has 1 fully saturated rings. The second-order valence-electron chi connectivity index (χ2n) is 4.17. The molecule has 1 aliphatic heterocycles. The molecule has 1 aromatic rings. The van der Waals surface area contributed by atoms with Crippen LogP contribution in [0.3, 0.4) is 0 Å². The van der Waals surface area contributed by atoms with E-state index in [1.807, 2.05) is 0 Å². The zero-order valence-corrected chi connectivity index (χ0v) is 10.6. The van der Waals surface area contributed by atoms with Crippen molar-refractivity contribution in [2.75, 3.05) is 19.8 Å². The third-order valence-corrected chi connectivity index (χ3v) is 3.27. The maximum atomic E-state index is 13.8. The fourth-order valence-electron chi connectivity index (χ4n) is 1.98. The highest BCUT2D eigenvalue weighted by atomic mass is 35.5. The molecule has 3 N–H and O–H groups in total. The summed E-state index contributed by atoms with van der Waals surface area (Å²) in [5.41, 5.74) is 3.17. The zero-order chi connectivity index (χ0) is 13.0. The Morgan fingerprint density at radius 3 is 3.00 bits per heavy atom. The van der Waals surface area contributed by atoms with Gasteiger partial charge in [-0.2, -0.15) is 0 Å². The smallest absolute Gasteiger partial charge is 0.145 e. The molecule has 2 rings (SSSR count). The molecular weight excluding hydrogens is 259 g/mol. The molecular formula is C12H16ClFN2O2. The van der Waals surface area contributed by atoms with Crippen LogP contribution in [-0.2, 0) is 15.9 Å². The maximum absolute atomic E-state index is 13.8. The minimum atomic E-state index is -0.406. The van der Waals surface area contributed by atoms with Crippen molar-refractivity contribution in [1.29, 1.82) is 0 Å². The van der Waals surface area contributed by atoms with Crippen LogP contribution in [0.4, 0.5) is 4.39 Å². The first kappa shape index (κ1) is 13.7. The zero-order valence-electron chi connectivity index (χ0n) is 9.86. The molecule has 0 radical (unpaired) electrons. The number of hydrogen-bond donors (Lipinski definition) is 2. The molecule has 0 spiro atoms. The SMILES string of the molecule is NNC(Cc1cccc(Cl)c1F)C1COCCO1. The van der Waals surface area contributed by atoms with Gasteiger partial charge in [-0.1, -0.05) is 23.7 Å². The average Bonchev–Trinajstić information content (AvgIpc) is 2.41. The van der Waals surface area contributed by atoms with Crippen LogP contribution in [0, 0.1) is 5.82 Å². The fourth-order valence-corrected chi connectivity index (χ4v) is 2.17. The van der Waals surface area contributed by atoms with Gasteiger partial charge in [0.1, 0.15) is 5.82 Å². The first-order valence-electron chi connectivity index (χ1n) is 5.80. The lowest BCUT2D eigenvalue weighted by molar-refractivity contribution is -0.101. The molecule has 2 atom stereocenters. The Labute approximate surface area is 110 Å². The Morgan fingerprint density at radius 1 is 1.50 bits per heavy atom. The molecule has 0 saturated carbocycles. The van der Waals surface area contributed by atoms with Crippen molar-refractivity contribution in [3.8, 4) is 0 Å². The maximum Gasteiger partial charge on any atom is 0.145 e. The summed E-state index contributed by atoms with van der Waals surface area (Å²) in [7, 11) is 0. The summed E-state index contributed by atoms with van der Waals surface area (Å²) in [4.78, 5) is 0. The number of halogens is 2. The second kappa shape index (κ2) is 6.45. The quantitative estimate of drug-likeness (QED) is 0.641. The van der Waals surface area contributed by atoms with Crippen molar-refractivity contribution in [3.63, 3.8) is 0 Å². The van der Waals surface area contributed by atoms with E-state index in [1.54, 1.807) is 12.1 Å². The second-order valence-corrected chi connectivity index (χ2v) is 4.58. The number of nitrogens with two attached hydrogens (primary N) is 1. The van der Waals surface area contributed by atoms with E-state index in [1.165, 1.54) is 6.07 Å². The van der Waals surface area contributed by atoms with E-state index in [9.17, 15) is 4.39 Å². The molecule has 0 bridgehead atoms. The molecule has 1 aliphatic rings. The Kier molecular flexibility index (Phi) is 4.91. The molecule has 18 heavy (non-hydrogen) atoms. The number of hydrogen-bond acceptors (Lipinski definition) is 4. The Balaban J connectivity index is 2.07. The molecule has 1 aromatic carbocycles. The van der Waals surface area contributed by atoms with Gasteiger partial charge in [0.05, 0.1) is 37.0 Å². The van der Waals surface area contributed by atoms with Crippen molar-refractivity contribution in [2.24, 2.45) is 5.84 Å². The summed E-state index contributed by atoms with van der Waals surface area (Å²) in [6.45, 7) is 1.57. The lowest BCUT2D eigenvalue weighted by atomic mass is 10.0. The molecule has 0 amide bonds. The molecule has 4 nitrogen and oxygen atoms in total. The number of rotatable bonds is 4. The predicted molar refractivity (Wildman–Crippen MR) is 66.8 cm³/mol. The van der Waals surface area contributed by atoms with Gasteiger partial charge < -0.3 is 9.47 Å². The normalized spacial score (nSPS) is 21.8. The van der Waals surface area contributed by atoms with Crippen molar-refractivity contribution in [1.82, 2.24) is 5.43 Å². The van der Waals surface area contributed by atoms with E-state index in [2.05, 4.69) is 5.43 Å². The topological polar surface area (TPSA) is 56.5 Å². The largest absolute Gasteiger partial charge is 0.376 e. The van der Waals surface area contributed by atoms with Crippen LogP contribution in [0.2, 0.25) is 5.02 Å². The minimum absolute atomic E-state index is 0.115.